The van der Waals surface area contributed by atoms with Crippen molar-refractivity contribution in [3.63, 3.8) is 0 Å². The minimum Gasteiger partial charge on any atom is -0.334 e. The van der Waals surface area contributed by atoms with E-state index < -0.39 is 11.5 Å². The van der Waals surface area contributed by atoms with Crippen LogP contribution >= 0.6 is 11.6 Å². The molecule has 0 aliphatic rings. The van der Waals surface area contributed by atoms with E-state index in [1.165, 1.54) is 24.3 Å². The van der Waals surface area contributed by atoms with E-state index in [1.54, 1.807) is 47.6 Å². The summed E-state index contributed by atoms with van der Waals surface area (Å²) in [5.41, 5.74) is -0.971. The molecule has 0 fully saturated rings. The van der Waals surface area contributed by atoms with Crippen LogP contribution in [0, 0.1) is 5.82 Å². The van der Waals surface area contributed by atoms with Crippen molar-refractivity contribution in [2.75, 3.05) is 0 Å². The molecule has 0 amide bonds. The minimum atomic E-state index is -1.81. The van der Waals surface area contributed by atoms with Gasteiger partial charge in [0.2, 0.25) is 0 Å². The van der Waals surface area contributed by atoms with E-state index in [1.807, 2.05) is 0 Å². The van der Waals surface area contributed by atoms with E-state index in [2.05, 4.69) is 4.98 Å². The molecule has 1 atom stereocenters. The summed E-state index contributed by atoms with van der Waals surface area (Å²) in [6, 6.07) is 12.0. The molecule has 0 radical (unpaired) electrons. The second-order valence-corrected chi connectivity index (χ2v) is 5.49. The van der Waals surface area contributed by atoms with Crippen molar-refractivity contribution >= 4 is 11.6 Å². The van der Waals surface area contributed by atoms with Crippen molar-refractivity contribution in [1.29, 1.82) is 0 Å². The fraction of sp³-hybridized carbons (Fsp3) is 0.118. The molecular formula is C17H13ClF2N2. The van der Waals surface area contributed by atoms with Crippen LogP contribution in [0.2, 0.25) is 5.02 Å². The van der Waals surface area contributed by atoms with Crippen molar-refractivity contribution < 1.29 is 8.78 Å². The second kappa shape index (κ2) is 5.89. The Morgan fingerprint density at radius 3 is 2.14 bits per heavy atom. The highest BCUT2D eigenvalue weighted by molar-refractivity contribution is 6.30. The average Bonchev–Trinajstić information content (AvgIpc) is 3.01. The van der Waals surface area contributed by atoms with Crippen molar-refractivity contribution in [3.05, 3.63) is 89.2 Å². The monoisotopic (exact) mass is 318 g/mol. The van der Waals surface area contributed by atoms with E-state index in [-0.39, 0.29) is 6.54 Å². The number of aromatic nitrogens is 2. The van der Waals surface area contributed by atoms with Crippen molar-refractivity contribution in [2.45, 2.75) is 12.2 Å². The Hall–Kier alpha value is -2.20. The molecule has 0 saturated carbocycles. The summed E-state index contributed by atoms with van der Waals surface area (Å²) in [6.45, 7) is 0.0419. The summed E-state index contributed by atoms with van der Waals surface area (Å²) in [7, 11) is 0. The lowest BCUT2D eigenvalue weighted by molar-refractivity contribution is 0.189. The smallest absolute Gasteiger partial charge is 0.178 e. The molecule has 0 spiro atoms. The quantitative estimate of drug-likeness (QED) is 0.688. The standard InChI is InChI=1S/C17H13ClF2N2/c18-15-5-1-13(2-6-15)17(20,11-22-10-9-21-12-22)14-3-7-16(19)8-4-14/h1-10,12H,11H2. The summed E-state index contributed by atoms with van der Waals surface area (Å²) in [6.07, 6.45) is 4.83. The molecule has 0 N–H and O–H groups in total. The second-order valence-electron chi connectivity index (χ2n) is 5.05. The van der Waals surface area contributed by atoms with Crippen LogP contribution in [0.1, 0.15) is 11.1 Å². The summed E-state index contributed by atoms with van der Waals surface area (Å²) in [4.78, 5) is 3.94. The number of alkyl halides is 1. The highest BCUT2D eigenvalue weighted by Gasteiger charge is 2.34. The molecule has 5 heteroatoms. The predicted molar refractivity (Wildman–Crippen MR) is 82.0 cm³/mol. The number of rotatable bonds is 4. The predicted octanol–water partition coefficient (Wildman–Crippen LogP) is 4.59. The Balaban J connectivity index is 2.08. The summed E-state index contributed by atoms with van der Waals surface area (Å²) in [5.74, 6) is -0.398. The minimum absolute atomic E-state index is 0.0419. The third kappa shape index (κ3) is 2.88. The fourth-order valence-electron chi connectivity index (χ4n) is 2.41. The Morgan fingerprint density at radius 1 is 1.00 bits per heavy atom. The Labute approximate surface area is 132 Å². The van der Waals surface area contributed by atoms with Crippen molar-refractivity contribution in [1.82, 2.24) is 9.55 Å². The molecule has 0 aliphatic heterocycles. The van der Waals surface area contributed by atoms with Crippen molar-refractivity contribution in [2.24, 2.45) is 0 Å². The molecule has 22 heavy (non-hydrogen) atoms. The Kier molecular flexibility index (Phi) is 3.94. The summed E-state index contributed by atoms with van der Waals surface area (Å²) in [5, 5.41) is 0.535. The van der Waals surface area contributed by atoms with Gasteiger partial charge in [0.15, 0.2) is 5.67 Å². The lowest BCUT2D eigenvalue weighted by atomic mass is 9.88. The lowest BCUT2D eigenvalue weighted by Gasteiger charge is -2.27. The van der Waals surface area contributed by atoms with Crippen LogP contribution in [0.5, 0.6) is 0 Å². The van der Waals surface area contributed by atoms with Gasteiger partial charge in [-0.1, -0.05) is 35.9 Å². The van der Waals surface area contributed by atoms with Crippen LogP contribution < -0.4 is 0 Å². The number of benzene rings is 2. The van der Waals surface area contributed by atoms with E-state index in [4.69, 9.17) is 11.6 Å². The third-order valence-corrected chi connectivity index (χ3v) is 3.82. The van der Waals surface area contributed by atoms with Crippen LogP contribution in [0.3, 0.4) is 0 Å². The molecule has 1 aromatic heterocycles. The first-order chi connectivity index (χ1) is 10.6. The fourth-order valence-corrected chi connectivity index (χ4v) is 2.54. The number of nitrogens with zero attached hydrogens (tertiary/aromatic N) is 2. The maximum atomic E-state index is 15.9. The zero-order chi connectivity index (χ0) is 15.6. The van der Waals surface area contributed by atoms with Gasteiger partial charge >= 0.3 is 0 Å². The molecule has 0 bridgehead atoms. The Morgan fingerprint density at radius 2 is 1.59 bits per heavy atom. The number of halogens is 3. The number of hydrogen-bond donors (Lipinski definition) is 0. The molecule has 112 valence electrons. The van der Waals surface area contributed by atoms with Crippen LogP contribution in [-0.4, -0.2) is 9.55 Å². The zero-order valence-corrected chi connectivity index (χ0v) is 12.3. The Bertz CT molecular complexity index is 692. The average molecular weight is 319 g/mol. The van der Waals surface area contributed by atoms with E-state index in [9.17, 15) is 4.39 Å². The largest absolute Gasteiger partial charge is 0.334 e. The summed E-state index contributed by atoms with van der Waals surface area (Å²) < 4.78 is 30.7. The molecule has 1 unspecified atom stereocenters. The molecular weight excluding hydrogens is 306 g/mol. The summed E-state index contributed by atoms with van der Waals surface area (Å²) >= 11 is 5.88. The van der Waals surface area contributed by atoms with Crippen LogP contribution in [0.15, 0.2) is 67.3 Å². The highest BCUT2D eigenvalue weighted by Crippen LogP contribution is 2.36. The topological polar surface area (TPSA) is 17.8 Å². The first-order valence-corrected chi connectivity index (χ1v) is 7.12. The molecule has 2 nitrogen and oxygen atoms in total. The maximum absolute atomic E-state index is 15.9. The van der Waals surface area contributed by atoms with Gasteiger partial charge in [-0.05, 0) is 35.4 Å². The third-order valence-electron chi connectivity index (χ3n) is 3.56. The van der Waals surface area contributed by atoms with E-state index in [0.29, 0.717) is 16.1 Å². The van der Waals surface area contributed by atoms with E-state index >= 15 is 4.39 Å². The molecule has 1 heterocycles. The highest BCUT2D eigenvalue weighted by atomic mass is 35.5. The molecule has 0 saturated heterocycles. The van der Waals surface area contributed by atoms with Crippen LogP contribution in [0.25, 0.3) is 0 Å². The van der Waals surface area contributed by atoms with Gasteiger partial charge in [0.25, 0.3) is 0 Å². The lowest BCUT2D eigenvalue weighted by Crippen LogP contribution is -2.27. The van der Waals surface area contributed by atoms with Gasteiger partial charge in [0.05, 0.1) is 12.9 Å². The van der Waals surface area contributed by atoms with Gasteiger partial charge in [-0.15, -0.1) is 0 Å². The number of imidazole rings is 1. The van der Waals surface area contributed by atoms with Gasteiger partial charge in [-0.2, -0.15) is 0 Å². The van der Waals surface area contributed by atoms with Gasteiger partial charge in [0.1, 0.15) is 5.82 Å². The SMILES string of the molecule is Fc1ccc(C(F)(Cn2ccnc2)c2ccc(Cl)cc2)cc1. The van der Waals surface area contributed by atoms with Crippen LogP contribution in [0.4, 0.5) is 8.78 Å². The maximum Gasteiger partial charge on any atom is 0.178 e. The van der Waals surface area contributed by atoms with E-state index in [0.717, 1.165) is 0 Å². The van der Waals surface area contributed by atoms with Crippen LogP contribution in [-0.2, 0) is 12.2 Å². The zero-order valence-electron chi connectivity index (χ0n) is 11.6. The first kappa shape index (κ1) is 14.7. The number of hydrogen-bond acceptors (Lipinski definition) is 1. The molecule has 3 aromatic rings. The molecule has 3 rings (SSSR count). The van der Waals surface area contributed by atoms with Crippen molar-refractivity contribution in [3.8, 4) is 0 Å². The van der Waals surface area contributed by atoms with Gasteiger partial charge in [-0.25, -0.2) is 13.8 Å². The van der Waals surface area contributed by atoms with Gasteiger partial charge in [0, 0.05) is 17.4 Å². The molecule has 0 aliphatic carbocycles. The normalized spacial score (nSPS) is 13.8. The van der Waals surface area contributed by atoms with Gasteiger partial charge in [-0.3, -0.25) is 0 Å². The van der Waals surface area contributed by atoms with Gasteiger partial charge < -0.3 is 4.57 Å². The molecule has 2 aromatic carbocycles. The first-order valence-electron chi connectivity index (χ1n) is 6.75.